The first-order chi connectivity index (χ1) is 21.5. The lowest BCUT2D eigenvalue weighted by atomic mass is 9.96. The Kier molecular flexibility index (Phi) is 16.3. The van der Waals surface area contributed by atoms with Gasteiger partial charge in [-0.1, -0.05) is 107 Å². The molecule has 3 rings (SSSR count). The Morgan fingerprint density at radius 1 is 0.659 bits per heavy atom. The number of carbonyl (C=O) groups excluding carboxylic acids is 3. The van der Waals surface area contributed by atoms with Crippen molar-refractivity contribution in [2.45, 2.75) is 129 Å². The zero-order chi connectivity index (χ0) is 31.4. The van der Waals surface area contributed by atoms with Gasteiger partial charge in [-0.3, -0.25) is 19.7 Å². The maximum Gasteiger partial charge on any atom is 0.310 e. The summed E-state index contributed by atoms with van der Waals surface area (Å²) in [5, 5.41) is 2.31. The second kappa shape index (κ2) is 20.5. The minimum absolute atomic E-state index is 0.0433. The van der Waals surface area contributed by atoms with Crippen LogP contribution in [0.25, 0.3) is 0 Å². The number of aryl methyl sites for hydroxylation is 2. The Morgan fingerprint density at radius 3 is 1.89 bits per heavy atom. The molecule has 2 aromatic rings. The molecule has 0 spiro atoms. The fraction of sp³-hybridized carbons (Fsp3) is 0.513. The summed E-state index contributed by atoms with van der Waals surface area (Å²) < 4.78 is 5.72. The molecule has 44 heavy (non-hydrogen) atoms. The predicted octanol–water partition coefficient (Wildman–Crippen LogP) is 9.55. The van der Waals surface area contributed by atoms with E-state index in [0.717, 1.165) is 37.7 Å². The lowest BCUT2D eigenvalue weighted by molar-refractivity contribution is -0.144. The fourth-order valence-corrected chi connectivity index (χ4v) is 6.00. The molecular formula is C39H53NO4. The van der Waals surface area contributed by atoms with Crippen molar-refractivity contribution in [3.05, 3.63) is 95.1 Å². The summed E-state index contributed by atoms with van der Waals surface area (Å²) in [6, 6.07) is 11.7. The van der Waals surface area contributed by atoms with Crippen LogP contribution in [-0.2, 0) is 35.4 Å². The van der Waals surface area contributed by atoms with E-state index in [2.05, 4.69) is 36.7 Å². The van der Waals surface area contributed by atoms with E-state index in [9.17, 15) is 14.4 Å². The van der Waals surface area contributed by atoms with Gasteiger partial charge in [-0.05, 0) is 79.7 Å². The molecule has 0 aliphatic carbocycles. The van der Waals surface area contributed by atoms with E-state index in [1.54, 1.807) is 18.2 Å². The first kappa shape index (κ1) is 35.0. The number of esters is 1. The molecule has 0 bridgehead atoms. The quantitative estimate of drug-likeness (QED) is 0.0564. The number of allylic oxidation sites excluding steroid dienone is 2. The Balaban J connectivity index is 1.51. The smallest absolute Gasteiger partial charge is 0.310 e. The molecule has 1 aliphatic rings. The summed E-state index contributed by atoms with van der Waals surface area (Å²) in [7, 11) is 0. The summed E-state index contributed by atoms with van der Waals surface area (Å²) in [5.41, 5.74) is 4.81. The summed E-state index contributed by atoms with van der Waals surface area (Å²) in [4.78, 5) is 37.1. The molecule has 2 aromatic carbocycles. The number of nitrogens with one attached hydrogen (secondary N) is 1. The summed E-state index contributed by atoms with van der Waals surface area (Å²) >= 11 is 0. The molecule has 5 heteroatoms. The molecule has 2 amide bonds. The second-order valence-electron chi connectivity index (χ2n) is 12.2. The normalized spacial score (nSPS) is 12.2. The van der Waals surface area contributed by atoms with Crippen LogP contribution in [-0.4, -0.2) is 17.8 Å². The topological polar surface area (TPSA) is 72.5 Å². The van der Waals surface area contributed by atoms with Gasteiger partial charge in [-0.2, -0.15) is 0 Å². The molecule has 0 radical (unpaired) electrons. The largest absolute Gasteiger partial charge is 0.461 e. The predicted molar refractivity (Wildman–Crippen MR) is 180 cm³/mol. The van der Waals surface area contributed by atoms with Crippen LogP contribution >= 0.6 is 0 Å². The number of carbonyl (C=O) groups is 3. The standard InChI is InChI=1S/C39H53NO4/c1-3-5-7-9-11-13-15-17-19-22-31-26-27-34(32(28-31)23-20-18-16-14-12-10-8-6-4-2)30-44-36(41)29-33-24-21-25-35-37(33)39(43)40-38(35)42/h3-4,21,24-28H,1-2,5-20,22-23,29-30H2,(H,40,42,43). The highest BCUT2D eigenvalue weighted by atomic mass is 16.5. The number of hydrogen-bond acceptors (Lipinski definition) is 4. The average molecular weight is 600 g/mol. The molecule has 1 heterocycles. The molecule has 238 valence electrons. The van der Waals surface area contributed by atoms with Crippen LogP contribution in [0.5, 0.6) is 0 Å². The van der Waals surface area contributed by atoms with Crippen molar-refractivity contribution in [3.8, 4) is 0 Å². The third-order valence-electron chi connectivity index (χ3n) is 8.57. The van der Waals surface area contributed by atoms with Crippen molar-refractivity contribution in [3.63, 3.8) is 0 Å². The minimum Gasteiger partial charge on any atom is -0.461 e. The highest BCUT2D eigenvalue weighted by Gasteiger charge is 2.29. The molecule has 0 saturated carbocycles. The third-order valence-corrected chi connectivity index (χ3v) is 8.57. The van der Waals surface area contributed by atoms with Gasteiger partial charge in [0.1, 0.15) is 6.61 Å². The maximum absolute atomic E-state index is 12.8. The number of ether oxygens (including phenoxy) is 1. The molecule has 5 nitrogen and oxygen atoms in total. The average Bonchev–Trinajstić information content (AvgIpc) is 3.32. The molecule has 0 atom stereocenters. The van der Waals surface area contributed by atoms with Gasteiger partial charge in [-0.15, -0.1) is 13.2 Å². The maximum atomic E-state index is 12.8. The van der Waals surface area contributed by atoms with E-state index >= 15 is 0 Å². The van der Waals surface area contributed by atoms with E-state index in [1.807, 2.05) is 12.2 Å². The Morgan fingerprint density at radius 2 is 1.25 bits per heavy atom. The first-order valence-corrected chi connectivity index (χ1v) is 17.0. The molecule has 0 saturated heterocycles. The van der Waals surface area contributed by atoms with Gasteiger partial charge >= 0.3 is 5.97 Å². The Hall–Kier alpha value is -3.47. The molecule has 0 fully saturated rings. The van der Waals surface area contributed by atoms with Gasteiger partial charge in [0.15, 0.2) is 0 Å². The van der Waals surface area contributed by atoms with Gasteiger partial charge < -0.3 is 4.74 Å². The lowest BCUT2D eigenvalue weighted by Crippen LogP contribution is -2.20. The zero-order valence-corrected chi connectivity index (χ0v) is 26.8. The number of unbranched alkanes of at least 4 members (excludes halogenated alkanes) is 14. The van der Waals surface area contributed by atoms with Gasteiger partial charge in [0.2, 0.25) is 0 Å². The second-order valence-corrected chi connectivity index (χ2v) is 12.2. The van der Waals surface area contributed by atoms with E-state index < -0.39 is 17.8 Å². The molecule has 1 N–H and O–H groups in total. The molecule has 0 unspecified atom stereocenters. The van der Waals surface area contributed by atoms with Crippen LogP contribution < -0.4 is 5.32 Å². The number of rotatable bonds is 24. The number of hydrogen-bond donors (Lipinski definition) is 1. The van der Waals surface area contributed by atoms with Crippen LogP contribution in [0.4, 0.5) is 0 Å². The highest BCUT2D eigenvalue weighted by molar-refractivity contribution is 6.22. The van der Waals surface area contributed by atoms with E-state index in [1.165, 1.54) is 94.6 Å². The third kappa shape index (κ3) is 12.3. The van der Waals surface area contributed by atoms with Gasteiger partial charge in [-0.25, -0.2) is 0 Å². The Labute approximate surface area is 265 Å². The van der Waals surface area contributed by atoms with Crippen LogP contribution in [0.15, 0.2) is 61.7 Å². The van der Waals surface area contributed by atoms with Gasteiger partial charge in [0.05, 0.1) is 17.5 Å². The Bertz CT molecular complexity index is 1230. The molecular weight excluding hydrogens is 546 g/mol. The van der Waals surface area contributed by atoms with Crippen molar-refractivity contribution in [2.75, 3.05) is 0 Å². The van der Waals surface area contributed by atoms with Crippen molar-refractivity contribution in [2.24, 2.45) is 0 Å². The van der Waals surface area contributed by atoms with Crippen molar-refractivity contribution < 1.29 is 19.1 Å². The number of fused-ring (bicyclic) bond motifs is 1. The minimum atomic E-state index is -0.452. The monoisotopic (exact) mass is 599 g/mol. The number of amides is 2. The van der Waals surface area contributed by atoms with Crippen LogP contribution in [0, 0.1) is 0 Å². The van der Waals surface area contributed by atoms with Crippen LogP contribution in [0.3, 0.4) is 0 Å². The zero-order valence-electron chi connectivity index (χ0n) is 26.8. The summed E-state index contributed by atoms with van der Waals surface area (Å²) in [6.07, 6.45) is 25.9. The van der Waals surface area contributed by atoms with E-state index in [4.69, 9.17) is 4.74 Å². The highest BCUT2D eigenvalue weighted by Crippen LogP contribution is 2.23. The molecule has 1 aliphatic heterocycles. The number of benzene rings is 2. The van der Waals surface area contributed by atoms with Crippen molar-refractivity contribution in [1.29, 1.82) is 0 Å². The van der Waals surface area contributed by atoms with E-state index in [0.29, 0.717) is 11.1 Å². The van der Waals surface area contributed by atoms with Crippen molar-refractivity contribution >= 4 is 17.8 Å². The first-order valence-electron chi connectivity index (χ1n) is 17.0. The van der Waals surface area contributed by atoms with Gasteiger partial charge in [0, 0.05) is 0 Å². The number of imide groups is 1. The SMILES string of the molecule is C=CCCCCCCCCCc1ccc(COC(=O)Cc2cccc3c2C(=O)NC3=O)c(CCCCCCCCCC=C)c1. The summed E-state index contributed by atoms with van der Waals surface area (Å²) in [6.45, 7) is 7.82. The lowest BCUT2D eigenvalue weighted by Gasteiger charge is -2.13. The van der Waals surface area contributed by atoms with Crippen molar-refractivity contribution in [1.82, 2.24) is 5.32 Å². The summed E-state index contributed by atoms with van der Waals surface area (Å²) in [5.74, 6) is -1.27. The van der Waals surface area contributed by atoms with Crippen LogP contribution in [0.1, 0.15) is 146 Å². The van der Waals surface area contributed by atoms with Crippen LogP contribution in [0.2, 0.25) is 0 Å². The van der Waals surface area contributed by atoms with E-state index in [-0.39, 0.29) is 18.6 Å². The van der Waals surface area contributed by atoms with Gasteiger partial charge in [0.25, 0.3) is 11.8 Å². The molecule has 0 aromatic heterocycles. The fourth-order valence-electron chi connectivity index (χ4n) is 6.00.